The highest BCUT2D eigenvalue weighted by Crippen LogP contribution is 2.25. The molecule has 3 aromatic rings. The Morgan fingerprint density at radius 1 is 0.781 bits per heavy atom. The summed E-state index contributed by atoms with van der Waals surface area (Å²) in [4.78, 5) is 0. The van der Waals surface area contributed by atoms with Crippen molar-refractivity contribution in [3.63, 3.8) is 0 Å². The minimum atomic E-state index is -0.654. The number of unbranched alkanes of at least 4 members (excludes halogenated alkanes) is 10. The van der Waals surface area contributed by atoms with Crippen LogP contribution in [0.4, 0.5) is 0 Å². The number of aliphatic hydroxyl groups excluding tert-OH is 1. The lowest BCUT2D eigenvalue weighted by Gasteiger charge is -2.24. The maximum absolute atomic E-state index is 11.0. The van der Waals surface area contributed by atoms with Gasteiger partial charge in [-0.3, -0.25) is 0 Å². The Balaban J connectivity index is 1.46. The molecule has 0 aliphatic rings. The average molecular weight is 438 g/mol. The average Bonchev–Trinajstić information content (AvgIpc) is 3.25. The number of hydrogen-bond donors (Lipinski definition) is 1. The topological polar surface area (TPSA) is 60.2 Å². The molecule has 0 saturated carbocycles. The SMILES string of the molecule is CCCCCCCCCCCCCC(O)C(Oc1ccccc1)n1nnc2ccccc21. The molecule has 0 amide bonds. The van der Waals surface area contributed by atoms with Crippen LogP contribution in [0, 0.1) is 0 Å². The molecule has 5 heteroatoms. The van der Waals surface area contributed by atoms with Gasteiger partial charge in [0.1, 0.15) is 17.4 Å². The van der Waals surface area contributed by atoms with Gasteiger partial charge in [0.2, 0.25) is 6.23 Å². The van der Waals surface area contributed by atoms with E-state index in [4.69, 9.17) is 4.74 Å². The van der Waals surface area contributed by atoms with E-state index in [1.54, 1.807) is 4.68 Å². The zero-order chi connectivity index (χ0) is 22.4. The molecule has 3 rings (SSSR count). The molecule has 2 unspecified atom stereocenters. The molecule has 1 heterocycles. The van der Waals surface area contributed by atoms with Crippen molar-refractivity contribution in [1.29, 1.82) is 0 Å². The lowest BCUT2D eigenvalue weighted by atomic mass is 10.0. The molecule has 1 N–H and O–H groups in total. The van der Waals surface area contributed by atoms with E-state index in [0.717, 1.165) is 29.6 Å². The van der Waals surface area contributed by atoms with Crippen LogP contribution in [-0.4, -0.2) is 26.2 Å². The quantitative estimate of drug-likeness (QED) is 0.243. The summed E-state index contributed by atoms with van der Waals surface area (Å²) < 4.78 is 7.90. The number of benzene rings is 2. The van der Waals surface area contributed by atoms with Gasteiger partial charge in [0.05, 0.1) is 5.52 Å². The van der Waals surface area contributed by atoms with Crippen molar-refractivity contribution in [2.75, 3.05) is 0 Å². The van der Waals surface area contributed by atoms with Gasteiger partial charge in [0, 0.05) is 0 Å². The summed E-state index contributed by atoms with van der Waals surface area (Å²) >= 11 is 0. The third-order valence-electron chi connectivity index (χ3n) is 6.05. The van der Waals surface area contributed by atoms with Gasteiger partial charge in [-0.2, -0.15) is 0 Å². The lowest BCUT2D eigenvalue weighted by molar-refractivity contribution is -0.0209. The van der Waals surface area contributed by atoms with E-state index in [1.807, 2.05) is 54.6 Å². The van der Waals surface area contributed by atoms with Crippen molar-refractivity contribution < 1.29 is 9.84 Å². The van der Waals surface area contributed by atoms with E-state index in [9.17, 15) is 5.11 Å². The summed E-state index contributed by atoms with van der Waals surface area (Å²) in [7, 11) is 0. The summed E-state index contributed by atoms with van der Waals surface area (Å²) in [5.41, 5.74) is 1.67. The van der Waals surface area contributed by atoms with Crippen LogP contribution in [0.3, 0.4) is 0 Å². The van der Waals surface area contributed by atoms with Crippen molar-refractivity contribution in [3.05, 3.63) is 54.6 Å². The fourth-order valence-corrected chi connectivity index (χ4v) is 4.17. The largest absolute Gasteiger partial charge is 0.466 e. The van der Waals surface area contributed by atoms with E-state index in [1.165, 1.54) is 57.8 Å². The first kappa shape index (κ1) is 24.2. The number of nitrogens with zero attached hydrogens (tertiary/aromatic N) is 3. The fraction of sp³-hybridized carbons (Fsp3) is 0.556. The molecule has 32 heavy (non-hydrogen) atoms. The molecule has 0 aliphatic carbocycles. The summed E-state index contributed by atoms with van der Waals surface area (Å²) in [6.07, 6.45) is 13.6. The molecule has 0 saturated heterocycles. The summed E-state index contributed by atoms with van der Waals surface area (Å²) in [5, 5.41) is 19.6. The Bertz CT molecular complexity index is 881. The molecule has 2 aromatic carbocycles. The highest BCUT2D eigenvalue weighted by atomic mass is 16.5. The molecule has 0 spiro atoms. The first-order valence-electron chi connectivity index (χ1n) is 12.5. The minimum absolute atomic E-state index is 0.604. The van der Waals surface area contributed by atoms with E-state index in [0.29, 0.717) is 6.42 Å². The van der Waals surface area contributed by atoms with Gasteiger partial charge in [-0.15, -0.1) is 5.10 Å². The Hall–Kier alpha value is -2.40. The Morgan fingerprint density at radius 2 is 1.38 bits per heavy atom. The predicted molar refractivity (Wildman–Crippen MR) is 131 cm³/mol. The minimum Gasteiger partial charge on any atom is -0.466 e. The number of ether oxygens (including phenoxy) is 1. The third-order valence-corrected chi connectivity index (χ3v) is 6.05. The maximum Gasteiger partial charge on any atom is 0.219 e. The second-order valence-electron chi connectivity index (χ2n) is 8.74. The number of aliphatic hydroxyl groups is 1. The molecule has 0 bridgehead atoms. The summed E-state index contributed by atoms with van der Waals surface area (Å²) in [6, 6.07) is 17.4. The van der Waals surface area contributed by atoms with Gasteiger partial charge in [0.25, 0.3) is 0 Å². The van der Waals surface area contributed by atoms with Crippen LogP contribution in [0.2, 0.25) is 0 Å². The van der Waals surface area contributed by atoms with E-state index < -0.39 is 12.3 Å². The van der Waals surface area contributed by atoms with E-state index >= 15 is 0 Å². The van der Waals surface area contributed by atoms with Crippen molar-refractivity contribution >= 4 is 11.0 Å². The number of aromatic nitrogens is 3. The second-order valence-corrected chi connectivity index (χ2v) is 8.74. The normalized spacial score (nSPS) is 13.3. The third kappa shape index (κ3) is 7.63. The Kier molecular flexibility index (Phi) is 10.5. The zero-order valence-corrected chi connectivity index (χ0v) is 19.5. The smallest absolute Gasteiger partial charge is 0.219 e. The van der Waals surface area contributed by atoms with Crippen LogP contribution in [0.1, 0.15) is 90.2 Å². The number of para-hydroxylation sites is 2. The van der Waals surface area contributed by atoms with Gasteiger partial charge in [-0.1, -0.05) is 113 Å². The van der Waals surface area contributed by atoms with Gasteiger partial charge in [-0.25, -0.2) is 4.68 Å². The Morgan fingerprint density at radius 3 is 2.06 bits per heavy atom. The van der Waals surface area contributed by atoms with Crippen LogP contribution in [0.25, 0.3) is 11.0 Å². The van der Waals surface area contributed by atoms with Crippen molar-refractivity contribution in [2.24, 2.45) is 0 Å². The first-order chi connectivity index (χ1) is 15.8. The molecule has 2 atom stereocenters. The van der Waals surface area contributed by atoms with Crippen molar-refractivity contribution in [1.82, 2.24) is 15.0 Å². The standard InChI is InChI=1S/C27H39N3O2/c1-2-3-4-5-6-7-8-9-10-11-15-22-26(31)27(32-23-18-13-12-14-19-23)30-25-21-17-16-20-24(25)28-29-30/h12-14,16-21,26-27,31H,2-11,15,22H2,1H3. The predicted octanol–water partition coefficient (Wildman–Crippen LogP) is 7.07. The monoisotopic (exact) mass is 437 g/mol. The highest BCUT2D eigenvalue weighted by molar-refractivity contribution is 5.73. The van der Waals surface area contributed by atoms with Crippen LogP contribution in [-0.2, 0) is 0 Å². The van der Waals surface area contributed by atoms with Crippen LogP contribution < -0.4 is 4.74 Å². The van der Waals surface area contributed by atoms with E-state index in [2.05, 4.69) is 17.2 Å². The number of rotatable bonds is 16. The summed E-state index contributed by atoms with van der Waals surface area (Å²) in [5.74, 6) is 0.718. The molecule has 1 aromatic heterocycles. The maximum atomic E-state index is 11.0. The summed E-state index contributed by atoms with van der Waals surface area (Å²) in [6.45, 7) is 2.26. The van der Waals surface area contributed by atoms with Gasteiger partial charge in [0.15, 0.2) is 0 Å². The fourth-order valence-electron chi connectivity index (χ4n) is 4.17. The van der Waals surface area contributed by atoms with Crippen LogP contribution in [0.5, 0.6) is 5.75 Å². The van der Waals surface area contributed by atoms with Crippen LogP contribution in [0.15, 0.2) is 54.6 Å². The zero-order valence-electron chi connectivity index (χ0n) is 19.5. The number of hydrogen-bond acceptors (Lipinski definition) is 4. The Labute approximate surface area is 192 Å². The molecule has 0 aliphatic heterocycles. The molecular formula is C27H39N3O2. The van der Waals surface area contributed by atoms with Crippen molar-refractivity contribution in [3.8, 4) is 5.75 Å². The second kappa shape index (κ2) is 13.9. The van der Waals surface area contributed by atoms with Gasteiger partial charge < -0.3 is 9.84 Å². The molecule has 0 fully saturated rings. The lowest BCUT2D eigenvalue weighted by Crippen LogP contribution is -2.30. The molecule has 0 radical (unpaired) electrons. The van der Waals surface area contributed by atoms with Gasteiger partial charge in [-0.05, 0) is 30.7 Å². The van der Waals surface area contributed by atoms with Crippen LogP contribution >= 0.6 is 0 Å². The first-order valence-corrected chi connectivity index (χ1v) is 12.5. The number of fused-ring (bicyclic) bond motifs is 1. The van der Waals surface area contributed by atoms with Gasteiger partial charge >= 0.3 is 0 Å². The van der Waals surface area contributed by atoms with E-state index in [-0.39, 0.29) is 0 Å². The molecule has 5 nitrogen and oxygen atoms in total. The molecular weight excluding hydrogens is 398 g/mol. The molecule has 174 valence electrons. The highest BCUT2D eigenvalue weighted by Gasteiger charge is 2.25. The van der Waals surface area contributed by atoms with Crippen molar-refractivity contribution in [2.45, 2.75) is 96.3 Å².